The van der Waals surface area contributed by atoms with Crippen LogP contribution in [0.2, 0.25) is 0 Å². The molecule has 0 radical (unpaired) electrons. The Kier molecular flexibility index (Phi) is 6.04. The molecule has 0 spiro atoms. The van der Waals surface area contributed by atoms with Gasteiger partial charge in [0.25, 0.3) is 5.91 Å². The van der Waals surface area contributed by atoms with Crippen molar-refractivity contribution < 1.29 is 9.59 Å². The summed E-state index contributed by atoms with van der Waals surface area (Å²) in [7, 11) is 0. The number of para-hydroxylation sites is 1. The van der Waals surface area contributed by atoms with Crippen molar-refractivity contribution in [3.63, 3.8) is 0 Å². The highest BCUT2D eigenvalue weighted by Crippen LogP contribution is 2.37. The molecule has 1 aliphatic rings. The first kappa shape index (κ1) is 21.4. The van der Waals surface area contributed by atoms with Crippen molar-refractivity contribution in [3.8, 4) is 0 Å². The zero-order valence-electron chi connectivity index (χ0n) is 17.2. The Morgan fingerprint density at radius 3 is 2.55 bits per heavy atom. The number of hydrogen-bond acceptors (Lipinski definition) is 6. The number of thiazole rings is 1. The lowest BCUT2D eigenvalue weighted by atomic mass is 10.1. The van der Waals surface area contributed by atoms with E-state index >= 15 is 0 Å². The molecule has 1 saturated heterocycles. The molecule has 3 aromatic rings. The largest absolute Gasteiger partial charge is 0.274 e. The number of rotatable bonds is 4. The Morgan fingerprint density at radius 1 is 1.13 bits per heavy atom. The monoisotopic (exact) mass is 465 g/mol. The molecule has 0 aliphatic carbocycles. The molecule has 156 valence electrons. The fraction of sp³-hybridized carbons (Fsp3) is 0.130. The minimum absolute atomic E-state index is 0.125. The lowest BCUT2D eigenvalue weighted by Gasteiger charge is -2.19. The van der Waals surface area contributed by atoms with Crippen LogP contribution in [-0.2, 0) is 9.59 Å². The molecule has 8 heteroatoms. The molecule has 5 nitrogen and oxygen atoms in total. The number of aryl methyl sites for hydroxylation is 2. The molecule has 4 rings (SSSR count). The van der Waals surface area contributed by atoms with Crippen molar-refractivity contribution in [2.75, 3.05) is 9.80 Å². The summed E-state index contributed by atoms with van der Waals surface area (Å²) in [4.78, 5) is 33.5. The van der Waals surface area contributed by atoms with Crippen molar-refractivity contribution in [2.45, 2.75) is 20.8 Å². The lowest BCUT2D eigenvalue weighted by molar-refractivity contribution is -0.116. The van der Waals surface area contributed by atoms with Crippen molar-refractivity contribution in [3.05, 3.63) is 75.6 Å². The van der Waals surface area contributed by atoms with Gasteiger partial charge in [-0.05, 0) is 55.3 Å². The minimum Gasteiger partial charge on any atom is -0.274 e. The molecular weight excluding hydrogens is 446 g/mol. The summed E-state index contributed by atoms with van der Waals surface area (Å²) in [5.74, 6) is -0.298. The molecule has 1 aromatic heterocycles. The quantitative estimate of drug-likeness (QED) is 0.357. The number of aromatic nitrogens is 1. The number of nitrogens with zero attached hydrogens (tertiary/aromatic N) is 3. The van der Waals surface area contributed by atoms with E-state index in [-0.39, 0.29) is 11.8 Å². The highest BCUT2D eigenvalue weighted by atomic mass is 32.2. The van der Waals surface area contributed by atoms with Crippen LogP contribution in [0.5, 0.6) is 0 Å². The van der Waals surface area contributed by atoms with Crippen molar-refractivity contribution in [1.29, 1.82) is 0 Å². The number of carbonyl (C=O) groups is 2. The van der Waals surface area contributed by atoms with Crippen LogP contribution >= 0.6 is 35.3 Å². The molecule has 1 fully saturated rings. The summed E-state index contributed by atoms with van der Waals surface area (Å²) in [6, 6.07) is 15.2. The van der Waals surface area contributed by atoms with Crippen molar-refractivity contribution in [2.24, 2.45) is 0 Å². The average Bonchev–Trinajstić information content (AvgIpc) is 3.29. The standard InChI is InChI=1S/C23H19N3O2S3/c1-14-9-10-19(11-15(14)2)25(16(3)27)22-24-17(13-30-22)12-20-21(28)26(23(29)31-20)18-7-5-4-6-8-18/h4-13H,1-3H3/b20-12-. The first-order chi connectivity index (χ1) is 14.8. The van der Waals surface area contributed by atoms with E-state index in [2.05, 4.69) is 4.98 Å². The van der Waals surface area contributed by atoms with Gasteiger partial charge in [-0.2, -0.15) is 0 Å². The van der Waals surface area contributed by atoms with E-state index in [9.17, 15) is 9.59 Å². The van der Waals surface area contributed by atoms with Gasteiger partial charge < -0.3 is 0 Å². The summed E-state index contributed by atoms with van der Waals surface area (Å²) in [6.45, 7) is 5.56. The third kappa shape index (κ3) is 4.32. The van der Waals surface area contributed by atoms with Crippen LogP contribution < -0.4 is 9.80 Å². The third-order valence-corrected chi connectivity index (χ3v) is 7.00. The Hall–Kier alpha value is -2.81. The SMILES string of the molecule is CC(=O)N(c1ccc(C)c(C)c1)c1nc(/C=C2\SC(=S)N(c3ccccc3)C2=O)cs1. The molecule has 2 heterocycles. The first-order valence-corrected chi connectivity index (χ1v) is 11.6. The van der Waals surface area contributed by atoms with Gasteiger partial charge in [-0.25, -0.2) is 4.98 Å². The van der Waals surface area contributed by atoms with E-state index in [1.54, 1.807) is 11.0 Å². The fourth-order valence-corrected chi connectivity index (χ4v) is 5.27. The number of benzene rings is 2. The average molecular weight is 466 g/mol. The maximum Gasteiger partial charge on any atom is 0.270 e. The molecule has 0 bridgehead atoms. The van der Waals surface area contributed by atoms with E-state index < -0.39 is 0 Å². The van der Waals surface area contributed by atoms with Gasteiger partial charge in [0.2, 0.25) is 5.91 Å². The van der Waals surface area contributed by atoms with Crippen LogP contribution in [0.1, 0.15) is 23.7 Å². The molecule has 2 aromatic carbocycles. The third-order valence-electron chi connectivity index (χ3n) is 4.85. The summed E-state index contributed by atoms with van der Waals surface area (Å²) < 4.78 is 0.485. The van der Waals surface area contributed by atoms with E-state index in [0.717, 1.165) is 22.5 Å². The topological polar surface area (TPSA) is 53.5 Å². The van der Waals surface area contributed by atoms with Crippen LogP contribution in [0.4, 0.5) is 16.5 Å². The first-order valence-electron chi connectivity index (χ1n) is 9.51. The van der Waals surface area contributed by atoms with E-state index in [0.29, 0.717) is 20.1 Å². The maximum atomic E-state index is 12.9. The maximum absolute atomic E-state index is 12.9. The summed E-state index contributed by atoms with van der Waals surface area (Å²) >= 11 is 8.02. The van der Waals surface area contributed by atoms with E-state index in [1.165, 1.54) is 34.9 Å². The van der Waals surface area contributed by atoms with Crippen molar-refractivity contribution in [1.82, 2.24) is 4.98 Å². The Bertz CT molecular complexity index is 1220. The zero-order valence-corrected chi connectivity index (χ0v) is 19.6. The van der Waals surface area contributed by atoms with Gasteiger partial charge in [0.15, 0.2) is 9.45 Å². The Morgan fingerprint density at radius 2 is 1.87 bits per heavy atom. The number of thiocarbonyl (C=S) groups is 1. The van der Waals surface area contributed by atoms with Crippen LogP contribution in [-0.4, -0.2) is 21.1 Å². The van der Waals surface area contributed by atoms with Gasteiger partial charge in [-0.15, -0.1) is 11.3 Å². The highest BCUT2D eigenvalue weighted by molar-refractivity contribution is 8.27. The second kappa shape index (κ2) is 8.74. The minimum atomic E-state index is -0.173. The molecule has 31 heavy (non-hydrogen) atoms. The van der Waals surface area contributed by atoms with Gasteiger partial charge in [0.05, 0.1) is 22.0 Å². The predicted molar refractivity (Wildman–Crippen MR) is 133 cm³/mol. The highest BCUT2D eigenvalue weighted by Gasteiger charge is 2.33. The van der Waals surface area contributed by atoms with Gasteiger partial charge in [-0.3, -0.25) is 19.4 Å². The number of hydrogen-bond donors (Lipinski definition) is 0. The zero-order chi connectivity index (χ0) is 22.1. The van der Waals surface area contributed by atoms with Gasteiger partial charge in [0.1, 0.15) is 0 Å². The molecule has 0 unspecified atom stereocenters. The summed E-state index contributed by atoms with van der Waals surface area (Å²) in [6.07, 6.45) is 1.72. The molecule has 0 atom stereocenters. The summed E-state index contributed by atoms with van der Waals surface area (Å²) in [5, 5.41) is 2.39. The Labute approximate surface area is 194 Å². The van der Waals surface area contributed by atoms with E-state index in [1.807, 2.05) is 67.8 Å². The van der Waals surface area contributed by atoms with Gasteiger partial charge in [-0.1, -0.05) is 48.2 Å². The number of thioether (sulfide) groups is 1. The summed E-state index contributed by atoms with van der Waals surface area (Å²) in [5.41, 5.74) is 4.39. The van der Waals surface area contributed by atoms with Crippen LogP contribution in [0.3, 0.4) is 0 Å². The number of amides is 2. The van der Waals surface area contributed by atoms with Crippen LogP contribution in [0, 0.1) is 13.8 Å². The number of anilines is 3. The molecule has 1 aliphatic heterocycles. The van der Waals surface area contributed by atoms with Gasteiger partial charge in [0, 0.05) is 12.3 Å². The number of carbonyl (C=O) groups excluding carboxylic acids is 2. The second-order valence-corrected chi connectivity index (χ2v) is 9.54. The molecular formula is C23H19N3O2S3. The van der Waals surface area contributed by atoms with Gasteiger partial charge >= 0.3 is 0 Å². The molecule has 2 amide bonds. The molecule has 0 N–H and O–H groups in total. The lowest BCUT2D eigenvalue weighted by Crippen LogP contribution is -2.27. The predicted octanol–water partition coefficient (Wildman–Crippen LogP) is 5.85. The van der Waals surface area contributed by atoms with Crippen LogP contribution in [0.25, 0.3) is 6.08 Å². The fourth-order valence-electron chi connectivity index (χ4n) is 3.14. The normalized spacial score (nSPS) is 15.1. The second-order valence-electron chi connectivity index (χ2n) is 7.03. The van der Waals surface area contributed by atoms with Crippen molar-refractivity contribution >= 4 is 74.0 Å². The Balaban J connectivity index is 1.63. The van der Waals surface area contributed by atoms with E-state index in [4.69, 9.17) is 12.2 Å². The molecule has 0 saturated carbocycles. The smallest absolute Gasteiger partial charge is 0.270 e. The van der Waals surface area contributed by atoms with Crippen LogP contribution in [0.15, 0.2) is 58.8 Å².